The van der Waals surface area contributed by atoms with Crippen LogP contribution in [0.15, 0.2) is 28.7 Å². The van der Waals surface area contributed by atoms with Crippen molar-refractivity contribution in [3.63, 3.8) is 0 Å². The van der Waals surface area contributed by atoms with Gasteiger partial charge in [0.1, 0.15) is 10.5 Å². The van der Waals surface area contributed by atoms with Crippen molar-refractivity contribution in [1.29, 1.82) is 0 Å². The quantitative estimate of drug-likeness (QED) is 0.501. The molecule has 0 radical (unpaired) electrons. The average molecular weight is 354 g/mol. The summed E-state index contributed by atoms with van der Waals surface area (Å²) in [6.45, 7) is 2.07. The minimum atomic E-state index is -0.427. The van der Waals surface area contributed by atoms with Crippen molar-refractivity contribution >= 4 is 33.8 Å². The maximum Gasteiger partial charge on any atom is 0.270 e. The van der Waals surface area contributed by atoms with E-state index >= 15 is 0 Å². The van der Waals surface area contributed by atoms with E-state index in [0.717, 1.165) is 23.0 Å². The highest BCUT2D eigenvalue weighted by atomic mass is 79.9. The number of nitro benzene ring substituents is 1. The molecule has 0 saturated heterocycles. The second-order valence-electron chi connectivity index (χ2n) is 4.24. The van der Waals surface area contributed by atoms with Crippen LogP contribution in [0.4, 0.5) is 5.69 Å². The van der Waals surface area contributed by atoms with Crippen molar-refractivity contribution < 1.29 is 4.92 Å². The summed E-state index contributed by atoms with van der Waals surface area (Å²) in [6, 6.07) is 6.33. The Bertz CT molecular complexity index is 715. The highest BCUT2D eigenvalue weighted by Crippen LogP contribution is 2.24. The molecule has 5 nitrogen and oxygen atoms in total. The van der Waals surface area contributed by atoms with Crippen molar-refractivity contribution in [3.05, 3.63) is 49.2 Å². The van der Waals surface area contributed by atoms with Gasteiger partial charge in [0.05, 0.1) is 9.40 Å². The summed E-state index contributed by atoms with van der Waals surface area (Å²) in [5.74, 6) is 0.547. The second kappa shape index (κ2) is 6.23. The molecule has 0 aliphatic rings. The van der Waals surface area contributed by atoms with Crippen LogP contribution in [0.25, 0.3) is 11.4 Å². The van der Waals surface area contributed by atoms with E-state index in [1.165, 1.54) is 12.1 Å². The zero-order valence-electron chi connectivity index (χ0n) is 10.7. The van der Waals surface area contributed by atoms with Crippen LogP contribution in [0.3, 0.4) is 0 Å². The molecule has 0 aliphatic heterocycles. The molecule has 0 spiro atoms. The minimum Gasteiger partial charge on any atom is -0.342 e. The lowest BCUT2D eigenvalue weighted by Crippen LogP contribution is -1.99. The number of H-pyrrole nitrogens is 1. The first-order chi connectivity index (χ1) is 9.52. The molecule has 1 heterocycles. The lowest BCUT2D eigenvalue weighted by atomic mass is 10.1. The summed E-state index contributed by atoms with van der Waals surface area (Å²) in [5.41, 5.74) is 1.63. The third-order valence-corrected chi connectivity index (χ3v) is 4.18. The van der Waals surface area contributed by atoms with Gasteiger partial charge in [-0.2, -0.15) is 0 Å². The molecule has 1 aromatic heterocycles. The van der Waals surface area contributed by atoms with Crippen LogP contribution in [0, 0.1) is 14.8 Å². The number of nitro groups is 1. The molecule has 1 aromatic carbocycles. The number of hydrogen-bond donors (Lipinski definition) is 1. The van der Waals surface area contributed by atoms with Crippen LogP contribution in [-0.4, -0.2) is 14.9 Å². The molecule has 0 atom stereocenters. The Morgan fingerprint density at radius 2 is 2.25 bits per heavy atom. The first-order valence-corrected chi connectivity index (χ1v) is 7.26. The molecule has 7 heteroatoms. The van der Waals surface area contributed by atoms with Crippen LogP contribution in [-0.2, 0) is 6.42 Å². The van der Waals surface area contributed by atoms with E-state index in [1.54, 1.807) is 12.1 Å². The van der Waals surface area contributed by atoms with E-state index in [1.807, 2.05) is 0 Å². The molecule has 20 heavy (non-hydrogen) atoms. The summed E-state index contributed by atoms with van der Waals surface area (Å²) < 4.78 is 1.23. The molecule has 0 fully saturated rings. The Morgan fingerprint density at radius 3 is 2.90 bits per heavy atom. The van der Waals surface area contributed by atoms with Crippen molar-refractivity contribution in [1.82, 2.24) is 9.97 Å². The van der Waals surface area contributed by atoms with Gasteiger partial charge in [0.15, 0.2) is 0 Å². The number of aromatic amines is 1. The highest BCUT2D eigenvalue weighted by Gasteiger charge is 2.11. The van der Waals surface area contributed by atoms with Gasteiger partial charge >= 0.3 is 0 Å². The summed E-state index contributed by atoms with van der Waals surface area (Å²) in [6.07, 6.45) is 1.79. The van der Waals surface area contributed by atoms with E-state index in [2.05, 4.69) is 32.8 Å². The Hall–Kier alpha value is -1.60. The number of benzene rings is 1. The molecule has 0 bridgehead atoms. The molecule has 2 rings (SSSR count). The Labute approximate surface area is 129 Å². The van der Waals surface area contributed by atoms with Crippen molar-refractivity contribution in [3.8, 4) is 11.4 Å². The maximum absolute atomic E-state index is 10.8. The molecule has 104 valence electrons. The van der Waals surface area contributed by atoms with Gasteiger partial charge in [-0.05, 0) is 22.4 Å². The lowest BCUT2D eigenvalue weighted by molar-refractivity contribution is -0.384. The number of halogens is 1. The van der Waals surface area contributed by atoms with Crippen LogP contribution < -0.4 is 0 Å². The summed E-state index contributed by atoms with van der Waals surface area (Å²) in [4.78, 5) is 17.9. The van der Waals surface area contributed by atoms with Gasteiger partial charge in [-0.3, -0.25) is 10.1 Å². The van der Waals surface area contributed by atoms with Gasteiger partial charge < -0.3 is 4.98 Å². The second-order valence-corrected chi connectivity index (χ2v) is 5.42. The normalized spacial score (nSPS) is 10.5. The molecular formula is C13H12BrN3O2S. The number of aryl methyl sites for hydroxylation is 1. The fourth-order valence-electron chi connectivity index (χ4n) is 1.83. The van der Waals surface area contributed by atoms with Gasteiger partial charge in [0.25, 0.3) is 5.69 Å². The first kappa shape index (κ1) is 14.8. The topological polar surface area (TPSA) is 71.8 Å². The fraction of sp³-hybridized carbons (Fsp3) is 0.231. The van der Waals surface area contributed by atoms with E-state index in [4.69, 9.17) is 12.2 Å². The number of nitrogens with zero attached hydrogens (tertiary/aromatic N) is 2. The van der Waals surface area contributed by atoms with E-state index < -0.39 is 4.92 Å². The number of rotatable bonds is 4. The van der Waals surface area contributed by atoms with Crippen LogP contribution >= 0.6 is 28.1 Å². The Balaban J connectivity index is 2.55. The van der Waals surface area contributed by atoms with Crippen LogP contribution in [0.5, 0.6) is 0 Å². The SMILES string of the molecule is CCCc1[nH]c(-c2cccc([N+](=O)[O-])c2)nc(=S)c1Br. The lowest BCUT2D eigenvalue weighted by Gasteiger charge is -2.07. The van der Waals surface area contributed by atoms with Gasteiger partial charge in [0, 0.05) is 23.4 Å². The predicted octanol–water partition coefficient (Wildman–Crippen LogP) is 4.43. The summed E-state index contributed by atoms with van der Waals surface area (Å²) in [5, 5.41) is 10.8. The van der Waals surface area contributed by atoms with E-state index in [9.17, 15) is 10.1 Å². The molecule has 2 aromatic rings. The van der Waals surface area contributed by atoms with Crippen LogP contribution in [0.1, 0.15) is 19.0 Å². The monoisotopic (exact) mass is 353 g/mol. The number of nitrogens with one attached hydrogen (secondary N) is 1. The van der Waals surface area contributed by atoms with Gasteiger partial charge in [-0.25, -0.2) is 4.98 Å². The third kappa shape index (κ3) is 3.10. The molecule has 0 amide bonds. The molecule has 1 N–H and O–H groups in total. The predicted molar refractivity (Wildman–Crippen MR) is 83.2 cm³/mol. The highest BCUT2D eigenvalue weighted by molar-refractivity contribution is 9.10. The molecule has 0 aliphatic carbocycles. The Kier molecular flexibility index (Phi) is 4.61. The first-order valence-electron chi connectivity index (χ1n) is 6.06. The van der Waals surface area contributed by atoms with Crippen molar-refractivity contribution in [2.45, 2.75) is 19.8 Å². The maximum atomic E-state index is 10.8. The summed E-state index contributed by atoms with van der Waals surface area (Å²) >= 11 is 8.63. The third-order valence-electron chi connectivity index (χ3n) is 2.77. The number of aromatic nitrogens is 2. The fourth-order valence-corrected chi connectivity index (χ4v) is 2.43. The standard InChI is InChI=1S/C13H12BrN3O2S/c1-2-4-10-11(14)13(20)16-12(15-10)8-5-3-6-9(7-8)17(18)19/h3,5-7H,2,4H2,1H3,(H,15,16,20). The average Bonchev–Trinajstić information content (AvgIpc) is 2.44. The minimum absolute atomic E-state index is 0.0311. The van der Waals surface area contributed by atoms with E-state index in [-0.39, 0.29) is 5.69 Å². The van der Waals surface area contributed by atoms with Gasteiger partial charge in [-0.15, -0.1) is 0 Å². The van der Waals surface area contributed by atoms with E-state index in [0.29, 0.717) is 16.0 Å². The molecular weight excluding hydrogens is 342 g/mol. The van der Waals surface area contributed by atoms with Gasteiger partial charge in [0.2, 0.25) is 0 Å². The largest absolute Gasteiger partial charge is 0.342 e. The van der Waals surface area contributed by atoms with Gasteiger partial charge in [-0.1, -0.05) is 37.7 Å². The van der Waals surface area contributed by atoms with Crippen molar-refractivity contribution in [2.75, 3.05) is 0 Å². The van der Waals surface area contributed by atoms with Crippen LogP contribution in [0.2, 0.25) is 0 Å². The van der Waals surface area contributed by atoms with Crippen molar-refractivity contribution in [2.24, 2.45) is 0 Å². The summed E-state index contributed by atoms with van der Waals surface area (Å²) in [7, 11) is 0. The zero-order chi connectivity index (χ0) is 14.7. The molecule has 0 saturated carbocycles. The molecule has 0 unspecified atom stereocenters. The Morgan fingerprint density at radius 1 is 1.50 bits per heavy atom. The number of non-ortho nitro benzene ring substituents is 1. The smallest absolute Gasteiger partial charge is 0.270 e. The zero-order valence-corrected chi connectivity index (χ0v) is 13.1. The number of hydrogen-bond acceptors (Lipinski definition) is 4.